The molecule has 94 valence electrons. The standard InChI is InChI=1S/C15H12BrN3/c16-12-3-1-2-4-14(12)19-13-7-8-18-15-9-10(17)5-6-11(13)15/h1-9H,17H2,(H,18,19). The highest BCUT2D eigenvalue weighted by Crippen LogP contribution is 2.29. The Labute approximate surface area is 119 Å². The van der Waals surface area contributed by atoms with E-state index in [9.17, 15) is 0 Å². The van der Waals surface area contributed by atoms with Gasteiger partial charge in [0.05, 0.1) is 11.2 Å². The van der Waals surface area contributed by atoms with Crippen molar-refractivity contribution in [1.29, 1.82) is 0 Å². The van der Waals surface area contributed by atoms with E-state index in [1.54, 1.807) is 6.20 Å². The second kappa shape index (κ2) is 4.90. The minimum Gasteiger partial charge on any atom is -0.399 e. The summed E-state index contributed by atoms with van der Waals surface area (Å²) < 4.78 is 1.02. The van der Waals surface area contributed by atoms with Crippen molar-refractivity contribution in [2.24, 2.45) is 0 Å². The number of fused-ring (bicyclic) bond motifs is 1. The molecule has 2 aromatic carbocycles. The van der Waals surface area contributed by atoms with Crippen molar-refractivity contribution >= 4 is 43.9 Å². The van der Waals surface area contributed by atoms with Crippen LogP contribution in [0.2, 0.25) is 0 Å². The van der Waals surface area contributed by atoms with Gasteiger partial charge in [0.25, 0.3) is 0 Å². The molecular formula is C15H12BrN3. The van der Waals surface area contributed by atoms with Crippen LogP contribution in [0, 0.1) is 0 Å². The van der Waals surface area contributed by atoms with Crippen LogP contribution in [0.1, 0.15) is 0 Å². The van der Waals surface area contributed by atoms with Gasteiger partial charge in [-0.25, -0.2) is 0 Å². The maximum Gasteiger partial charge on any atom is 0.0743 e. The van der Waals surface area contributed by atoms with Crippen molar-refractivity contribution in [3.63, 3.8) is 0 Å². The van der Waals surface area contributed by atoms with Crippen molar-refractivity contribution in [3.8, 4) is 0 Å². The number of rotatable bonds is 2. The summed E-state index contributed by atoms with van der Waals surface area (Å²) in [7, 11) is 0. The van der Waals surface area contributed by atoms with Gasteiger partial charge in [-0.15, -0.1) is 0 Å². The van der Waals surface area contributed by atoms with Gasteiger partial charge in [-0.1, -0.05) is 12.1 Å². The van der Waals surface area contributed by atoms with E-state index >= 15 is 0 Å². The fraction of sp³-hybridized carbons (Fsp3) is 0. The Morgan fingerprint density at radius 1 is 1.00 bits per heavy atom. The van der Waals surface area contributed by atoms with E-state index in [4.69, 9.17) is 5.73 Å². The lowest BCUT2D eigenvalue weighted by atomic mass is 10.1. The Balaban J connectivity index is 2.09. The second-order valence-electron chi connectivity index (χ2n) is 4.24. The highest BCUT2D eigenvalue weighted by molar-refractivity contribution is 9.10. The molecule has 19 heavy (non-hydrogen) atoms. The Kier molecular flexibility index (Phi) is 3.09. The molecule has 0 amide bonds. The molecule has 0 fully saturated rings. The van der Waals surface area contributed by atoms with E-state index in [0.717, 1.165) is 32.4 Å². The third-order valence-corrected chi connectivity index (χ3v) is 3.60. The van der Waals surface area contributed by atoms with Gasteiger partial charge in [-0.3, -0.25) is 4.98 Å². The number of nitrogen functional groups attached to an aromatic ring is 1. The molecule has 3 N–H and O–H groups in total. The number of hydrogen-bond acceptors (Lipinski definition) is 3. The first-order valence-electron chi connectivity index (χ1n) is 5.90. The third kappa shape index (κ3) is 2.39. The van der Waals surface area contributed by atoms with Crippen LogP contribution in [0.15, 0.2) is 59.2 Å². The first-order valence-corrected chi connectivity index (χ1v) is 6.69. The third-order valence-electron chi connectivity index (χ3n) is 2.91. The molecular weight excluding hydrogens is 302 g/mol. The summed E-state index contributed by atoms with van der Waals surface area (Å²) in [6, 6.07) is 15.7. The number of nitrogens with one attached hydrogen (secondary N) is 1. The Hall–Kier alpha value is -2.07. The summed E-state index contributed by atoms with van der Waals surface area (Å²) in [5.74, 6) is 0. The molecule has 3 aromatic rings. The smallest absolute Gasteiger partial charge is 0.0743 e. The maximum atomic E-state index is 5.78. The molecule has 0 aliphatic heterocycles. The van der Waals surface area contributed by atoms with E-state index in [2.05, 4.69) is 26.2 Å². The summed E-state index contributed by atoms with van der Waals surface area (Å²) in [4.78, 5) is 4.34. The average Bonchev–Trinajstić information content (AvgIpc) is 2.41. The lowest BCUT2D eigenvalue weighted by Gasteiger charge is -2.11. The van der Waals surface area contributed by atoms with Crippen molar-refractivity contribution in [2.75, 3.05) is 11.1 Å². The first-order chi connectivity index (χ1) is 9.24. The van der Waals surface area contributed by atoms with Crippen LogP contribution in [0.4, 0.5) is 17.1 Å². The SMILES string of the molecule is Nc1ccc2c(Nc3ccccc3Br)ccnc2c1. The molecule has 3 rings (SSSR count). The van der Waals surface area contributed by atoms with E-state index in [1.807, 2.05) is 48.5 Å². The number of aromatic nitrogens is 1. The lowest BCUT2D eigenvalue weighted by Crippen LogP contribution is -1.94. The van der Waals surface area contributed by atoms with E-state index in [0.29, 0.717) is 0 Å². The number of para-hydroxylation sites is 1. The topological polar surface area (TPSA) is 50.9 Å². The molecule has 0 bridgehead atoms. The van der Waals surface area contributed by atoms with E-state index < -0.39 is 0 Å². The van der Waals surface area contributed by atoms with Crippen LogP contribution in [0.5, 0.6) is 0 Å². The zero-order valence-electron chi connectivity index (χ0n) is 10.1. The second-order valence-corrected chi connectivity index (χ2v) is 5.09. The van der Waals surface area contributed by atoms with Crippen LogP contribution in [0.25, 0.3) is 10.9 Å². The number of halogens is 1. The van der Waals surface area contributed by atoms with Crippen molar-refractivity contribution < 1.29 is 0 Å². The van der Waals surface area contributed by atoms with Gasteiger partial charge in [0.1, 0.15) is 0 Å². The normalized spacial score (nSPS) is 10.6. The quantitative estimate of drug-likeness (QED) is 0.693. The highest BCUT2D eigenvalue weighted by atomic mass is 79.9. The van der Waals surface area contributed by atoms with Gasteiger partial charge in [0, 0.05) is 27.4 Å². The number of nitrogens with zero attached hydrogens (tertiary/aromatic N) is 1. The zero-order valence-corrected chi connectivity index (χ0v) is 11.7. The summed E-state index contributed by atoms with van der Waals surface area (Å²) >= 11 is 3.53. The fourth-order valence-corrected chi connectivity index (χ4v) is 2.37. The zero-order chi connectivity index (χ0) is 13.2. The predicted molar refractivity (Wildman–Crippen MR) is 83.6 cm³/mol. The molecule has 0 aliphatic rings. The Morgan fingerprint density at radius 3 is 2.68 bits per heavy atom. The molecule has 1 aromatic heterocycles. The number of pyridine rings is 1. The van der Waals surface area contributed by atoms with E-state index in [1.165, 1.54) is 0 Å². The molecule has 0 saturated heterocycles. The van der Waals surface area contributed by atoms with Gasteiger partial charge >= 0.3 is 0 Å². The van der Waals surface area contributed by atoms with Crippen LogP contribution >= 0.6 is 15.9 Å². The summed E-state index contributed by atoms with van der Waals surface area (Å²) in [6.07, 6.45) is 1.78. The fourth-order valence-electron chi connectivity index (χ4n) is 1.98. The predicted octanol–water partition coefficient (Wildman–Crippen LogP) is 4.32. The summed E-state index contributed by atoms with van der Waals surface area (Å²) in [5, 5.41) is 4.46. The molecule has 0 aliphatic carbocycles. The highest BCUT2D eigenvalue weighted by Gasteiger charge is 2.04. The van der Waals surface area contributed by atoms with Gasteiger partial charge in [0.15, 0.2) is 0 Å². The molecule has 4 heteroatoms. The van der Waals surface area contributed by atoms with Crippen molar-refractivity contribution in [3.05, 3.63) is 59.2 Å². The summed E-state index contributed by atoms with van der Waals surface area (Å²) in [6.45, 7) is 0. The summed E-state index contributed by atoms with van der Waals surface area (Å²) in [5.41, 5.74) is 9.42. The lowest BCUT2D eigenvalue weighted by molar-refractivity contribution is 1.40. The van der Waals surface area contributed by atoms with Gasteiger partial charge in [-0.2, -0.15) is 0 Å². The largest absolute Gasteiger partial charge is 0.399 e. The molecule has 3 nitrogen and oxygen atoms in total. The maximum absolute atomic E-state index is 5.78. The van der Waals surface area contributed by atoms with Crippen LogP contribution in [0.3, 0.4) is 0 Å². The minimum atomic E-state index is 0.720. The molecule has 0 spiro atoms. The Bertz CT molecular complexity index is 740. The number of anilines is 3. The van der Waals surface area contributed by atoms with Crippen LogP contribution in [-0.2, 0) is 0 Å². The van der Waals surface area contributed by atoms with Gasteiger partial charge < -0.3 is 11.1 Å². The number of hydrogen-bond donors (Lipinski definition) is 2. The van der Waals surface area contributed by atoms with Gasteiger partial charge in [0.2, 0.25) is 0 Å². The first kappa shape index (κ1) is 12.0. The number of benzene rings is 2. The van der Waals surface area contributed by atoms with Crippen molar-refractivity contribution in [2.45, 2.75) is 0 Å². The molecule has 0 atom stereocenters. The average molecular weight is 314 g/mol. The Morgan fingerprint density at radius 2 is 1.84 bits per heavy atom. The molecule has 0 unspecified atom stereocenters. The van der Waals surface area contributed by atoms with Crippen LogP contribution < -0.4 is 11.1 Å². The van der Waals surface area contributed by atoms with Gasteiger partial charge in [-0.05, 0) is 52.3 Å². The minimum absolute atomic E-state index is 0.720. The van der Waals surface area contributed by atoms with E-state index in [-0.39, 0.29) is 0 Å². The molecule has 0 radical (unpaired) electrons. The number of nitrogens with two attached hydrogens (primary N) is 1. The van der Waals surface area contributed by atoms with Crippen LogP contribution in [-0.4, -0.2) is 4.98 Å². The van der Waals surface area contributed by atoms with Crippen molar-refractivity contribution in [1.82, 2.24) is 4.98 Å². The molecule has 0 saturated carbocycles. The monoisotopic (exact) mass is 313 g/mol. The molecule has 1 heterocycles.